The van der Waals surface area contributed by atoms with Crippen LogP contribution in [0, 0.1) is 23.7 Å². The van der Waals surface area contributed by atoms with Crippen molar-refractivity contribution in [3.05, 3.63) is 182 Å². The Morgan fingerprint density at radius 1 is 0.843 bits per heavy atom. The number of nitrogens with zero attached hydrogens (tertiary/aromatic N) is 1. The quantitative estimate of drug-likeness (QED) is 0.291. The fourth-order valence-corrected chi connectivity index (χ4v) is 14.6. The molecule has 51 heavy (non-hydrogen) atoms. The predicted molar refractivity (Wildman–Crippen MR) is 217 cm³/mol. The van der Waals surface area contributed by atoms with E-state index >= 15 is 0 Å². The summed E-state index contributed by atoms with van der Waals surface area (Å²) >= 11 is 2.08. The van der Waals surface area contributed by atoms with Gasteiger partial charge in [-0.25, -0.2) is 0 Å². The van der Waals surface area contributed by atoms with Crippen LogP contribution in [-0.2, 0) is 4.74 Å². The zero-order chi connectivity index (χ0) is 33.6. The van der Waals surface area contributed by atoms with E-state index in [1.807, 2.05) is 0 Å². The number of anilines is 1. The number of ether oxygens (including phenoxy) is 1. The Hall–Kier alpha value is -4.25. The van der Waals surface area contributed by atoms with Crippen molar-refractivity contribution in [2.75, 3.05) is 4.90 Å². The van der Waals surface area contributed by atoms with Crippen molar-refractivity contribution in [2.45, 2.75) is 57.6 Å². The molecule has 1 aromatic rings. The van der Waals surface area contributed by atoms with Crippen molar-refractivity contribution in [1.29, 1.82) is 0 Å². The number of allylic oxidation sites excluding steroid dienone is 23. The van der Waals surface area contributed by atoms with E-state index in [0.29, 0.717) is 23.7 Å². The van der Waals surface area contributed by atoms with E-state index in [4.69, 9.17) is 4.74 Å². The maximum absolute atomic E-state index is 6.68. The van der Waals surface area contributed by atoms with Gasteiger partial charge in [-0.1, -0.05) is 115 Å². The Balaban J connectivity index is 0.999. The molecule has 0 saturated carbocycles. The van der Waals surface area contributed by atoms with E-state index in [2.05, 4.69) is 145 Å². The molecule has 11 rings (SSSR count). The smallest absolute Gasteiger partial charge is 0.129 e. The normalized spacial score (nSPS) is 31.8. The minimum Gasteiger partial charge on any atom is -0.489 e. The molecular formula is C47H43NOSSi. The maximum atomic E-state index is 6.68. The van der Waals surface area contributed by atoms with Gasteiger partial charge in [0.1, 0.15) is 20.7 Å². The third kappa shape index (κ3) is 4.75. The molecule has 0 spiro atoms. The fourth-order valence-electron chi connectivity index (χ4n) is 10.4. The van der Waals surface area contributed by atoms with Crippen LogP contribution < -0.4 is 10.1 Å². The summed E-state index contributed by atoms with van der Waals surface area (Å²) < 4.78 is 6.68. The molecule has 0 N–H and O–H groups in total. The maximum Gasteiger partial charge on any atom is 0.129 e. The Labute approximate surface area is 308 Å². The summed E-state index contributed by atoms with van der Waals surface area (Å²) in [5.74, 6) is 2.85. The average Bonchev–Trinajstić information content (AvgIpc) is 3.84. The molecule has 7 aliphatic carbocycles. The minimum atomic E-state index is -1.34. The average molecular weight is 698 g/mol. The Morgan fingerprint density at radius 3 is 2.73 bits per heavy atom. The van der Waals surface area contributed by atoms with E-state index < -0.39 is 8.80 Å². The first-order valence-corrected chi connectivity index (χ1v) is 22.4. The molecule has 6 atom stereocenters. The molecule has 6 unspecified atom stereocenters. The SMILES string of the molecule is C[SiH]1C2=CCC3C4=C(C=CCC4)SC3=C2c2ccc(N(C3=CC4OC5=C(C=CCC5)C4C=C3)C3=CC(C4C=CC=C5C=CC=CC54)=CCC3)cc21. The van der Waals surface area contributed by atoms with Gasteiger partial charge in [0.25, 0.3) is 0 Å². The molecule has 0 aromatic heterocycles. The molecule has 0 saturated heterocycles. The lowest BCUT2D eigenvalue weighted by atomic mass is 9.75. The Morgan fingerprint density at radius 2 is 1.75 bits per heavy atom. The third-order valence-corrected chi connectivity index (χ3v) is 17.0. The lowest BCUT2D eigenvalue weighted by Gasteiger charge is -2.35. The highest BCUT2D eigenvalue weighted by Crippen LogP contribution is 2.57. The summed E-state index contributed by atoms with van der Waals surface area (Å²) in [5, 5.41) is 3.30. The molecule has 252 valence electrons. The third-order valence-electron chi connectivity index (χ3n) is 12.8. The van der Waals surface area contributed by atoms with Crippen molar-refractivity contribution in [2.24, 2.45) is 23.7 Å². The first-order chi connectivity index (χ1) is 25.2. The summed E-state index contributed by atoms with van der Waals surface area (Å²) in [6.45, 7) is 2.58. The molecule has 1 aromatic carbocycles. The molecule has 3 aliphatic heterocycles. The lowest BCUT2D eigenvalue weighted by molar-refractivity contribution is 0.157. The number of hydrogen-bond acceptors (Lipinski definition) is 3. The van der Waals surface area contributed by atoms with E-state index in [-0.39, 0.29) is 6.10 Å². The number of fused-ring (bicyclic) bond motifs is 8. The van der Waals surface area contributed by atoms with Gasteiger partial charge in [-0.05, 0) is 102 Å². The second-order valence-electron chi connectivity index (χ2n) is 15.6. The zero-order valence-electron chi connectivity index (χ0n) is 29.2. The molecular weight excluding hydrogens is 655 g/mol. The summed E-state index contributed by atoms with van der Waals surface area (Å²) in [5.41, 5.74) is 13.0. The van der Waals surface area contributed by atoms with Crippen LogP contribution >= 0.6 is 11.8 Å². The van der Waals surface area contributed by atoms with Crippen LogP contribution in [0.15, 0.2) is 176 Å². The molecule has 0 fully saturated rings. The molecule has 0 bridgehead atoms. The van der Waals surface area contributed by atoms with Crippen molar-refractivity contribution < 1.29 is 4.74 Å². The van der Waals surface area contributed by atoms with Crippen molar-refractivity contribution in [3.63, 3.8) is 0 Å². The van der Waals surface area contributed by atoms with Crippen LogP contribution in [0.1, 0.15) is 50.5 Å². The summed E-state index contributed by atoms with van der Waals surface area (Å²) in [7, 11) is -1.34. The number of thioether (sulfide) groups is 1. The van der Waals surface area contributed by atoms with Gasteiger partial charge >= 0.3 is 0 Å². The van der Waals surface area contributed by atoms with Crippen molar-refractivity contribution in [1.82, 2.24) is 0 Å². The molecule has 0 radical (unpaired) electrons. The molecule has 4 heteroatoms. The van der Waals surface area contributed by atoms with Crippen molar-refractivity contribution in [3.8, 4) is 0 Å². The number of hydrogen-bond donors (Lipinski definition) is 0. The topological polar surface area (TPSA) is 12.5 Å². The monoisotopic (exact) mass is 697 g/mol. The first kappa shape index (κ1) is 30.4. The van der Waals surface area contributed by atoms with Crippen LogP contribution in [0.25, 0.3) is 5.57 Å². The highest BCUT2D eigenvalue weighted by molar-refractivity contribution is 8.07. The summed E-state index contributed by atoms with van der Waals surface area (Å²) in [6, 6.07) is 7.52. The Bertz CT molecular complexity index is 2240. The highest BCUT2D eigenvalue weighted by atomic mass is 32.2. The second-order valence-corrected chi connectivity index (χ2v) is 19.3. The zero-order valence-corrected chi connectivity index (χ0v) is 31.2. The van der Waals surface area contributed by atoms with Gasteiger partial charge in [0.2, 0.25) is 0 Å². The van der Waals surface area contributed by atoms with Gasteiger partial charge in [0.05, 0.1) is 0 Å². The van der Waals surface area contributed by atoms with Crippen LogP contribution in [-0.4, -0.2) is 14.9 Å². The number of rotatable bonds is 4. The van der Waals surface area contributed by atoms with Crippen molar-refractivity contribution >= 4 is 37.0 Å². The van der Waals surface area contributed by atoms with Gasteiger partial charge in [-0.15, -0.1) is 0 Å². The second kappa shape index (κ2) is 11.9. The predicted octanol–water partition coefficient (Wildman–Crippen LogP) is 10.6. The van der Waals surface area contributed by atoms with E-state index in [9.17, 15) is 0 Å². The summed E-state index contributed by atoms with van der Waals surface area (Å²) in [4.78, 5) is 5.78. The van der Waals surface area contributed by atoms with Gasteiger partial charge in [-0.3, -0.25) is 0 Å². The summed E-state index contributed by atoms with van der Waals surface area (Å²) in [6.07, 6.45) is 48.2. The molecule has 3 heterocycles. The standard InChI is InChI=1S/C47H43NOSSi/c1-51-44-25-24-39-38-16-5-7-19-43(38)50-47(39)46(44)40-23-21-33(28-45(40)51)48(32-20-22-37-36-15-4-6-18-41(36)49-42(37)27-32)31-13-8-12-30(26-31)35-17-9-11-29-10-2-3-14-34(29)35/h2-4,7,9-12,14-15,17,19-23,25-28,34-35,37,39,42,51H,5-6,8,13,16,18,24H2,1H3. The first-order valence-electron chi connectivity index (χ1n) is 19.3. The molecule has 2 nitrogen and oxygen atoms in total. The van der Waals surface area contributed by atoms with E-state index in [1.54, 1.807) is 26.4 Å². The molecule has 10 aliphatic rings. The Kier molecular flexibility index (Phi) is 7.09. The van der Waals surface area contributed by atoms with Crippen LogP contribution in [0.2, 0.25) is 6.55 Å². The van der Waals surface area contributed by atoms with Gasteiger partial charge in [-0.2, -0.15) is 0 Å². The number of benzene rings is 1. The minimum absolute atomic E-state index is 0.0548. The van der Waals surface area contributed by atoms with Crippen LogP contribution in [0.4, 0.5) is 5.69 Å². The van der Waals surface area contributed by atoms with E-state index in [1.165, 1.54) is 69.3 Å². The van der Waals surface area contributed by atoms with Gasteiger partial charge in [0.15, 0.2) is 0 Å². The highest BCUT2D eigenvalue weighted by Gasteiger charge is 2.42. The molecule has 0 amide bonds. The lowest BCUT2D eigenvalue weighted by Crippen LogP contribution is -2.30. The van der Waals surface area contributed by atoms with Crippen LogP contribution in [0.5, 0.6) is 0 Å². The van der Waals surface area contributed by atoms with Gasteiger partial charge in [0, 0.05) is 62.6 Å². The van der Waals surface area contributed by atoms with E-state index in [0.717, 1.165) is 25.7 Å². The fraction of sp³-hybridized carbons (Fsp3) is 0.277. The van der Waals surface area contributed by atoms with Crippen LogP contribution in [0.3, 0.4) is 0 Å². The van der Waals surface area contributed by atoms with Gasteiger partial charge < -0.3 is 9.64 Å². The largest absolute Gasteiger partial charge is 0.489 e.